The predicted octanol–water partition coefficient (Wildman–Crippen LogP) is 2.50. The summed E-state index contributed by atoms with van der Waals surface area (Å²) in [4.78, 5) is 12.4. The zero-order valence-electron chi connectivity index (χ0n) is 11.5. The third-order valence-electron chi connectivity index (χ3n) is 3.82. The molecule has 1 unspecified atom stereocenters. The highest BCUT2D eigenvalue weighted by molar-refractivity contribution is 6.04. The molecule has 3 N–H and O–H groups in total. The number of carbonyl (C=O) groups excluding carboxylic acids is 1. The number of nitrogens with one attached hydrogen (secondary N) is 1. The van der Waals surface area contributed by atoms with Crippen molar-refractivity contribution < 1.29 is 13.6 Å². The van der Waals surface area contributed by atoms with Gasteiger partial charge in [0.25, 0.3) is 5.91 Å². The van der Waals surface area contributed by atoms with E-state index in [1.54, 1.807) is 11.6 Å². The van der Waals surface area contributed by atoms with Crippen LogP contribution in [0.15, 0.2) is 24.4 Å². The monoisotopic (exact) mass is 291 g/mol. The van der Waals surface area contributed by atoms with Crippen LogP contribution in [-0.2, 0) is 13.5 Å². The Balaban J connectivity index is 1.89. The maximum absolute atomic E-state index is 13.2. The molecular formula is C15H15F2N3O. The van der Waals surface area contributed by atoms with E-state index in [0.717, 1.165) is 36.1 Å². The minimum absolute atomic E-state index is 0.0454. The summed E-state index contributed by atoms with van der Waals surface area (Å²) in [6, 6.07) is 3.22. The molecule has 0 saturated carbocycles. The van der Waals surface area contributed by atoms with Crippen LogP contribution in [0.5, 0.6) is 0 Å². The number of hydrogen-bond donors (Lipinski definition) is 2. The van der Waals surface area contributed by atoms with Gasteiger partial charge in [0.15, 0.2) is 11.6 Å². The molecule has 0 spiro atoms. The SMILES string of the molecule is Cn1cc2c(c1C(=O)Nc1ccc(F)c(F)c1)CCC2N. The average molecular weight is 291 g/mol. The van der Waals surface area contributed by atoms with Crippen LogP contribution in [0.4, 0.5) is 14.5 Å². The molecule has 2 aromatic rings. The number of hydrogen-bond acceptors (Lipinski definition) is 2. The van der Waals surface area contributed by atoms with Gasteiger partial charge in [0.05, 0.1) is 0 Å². The fraction of sp³-hybridized carbons (Fsp3) is 0.267. The van der Waals surface area contributed by atoms with Gasteiger partial charge in [0.1, 0.15) is 5.69 Å². The second-order valence-electron chi connectivity index (χ2n) is 5.25. The molecule has 110 valence electrons. The Hall–Kier alpha value is -2.21. The van der Waals surface area contributed by atoms with E-state index >= 15 is 0 Å². The van der Waals surface area contributed by atoms with Crippen molar-refractivity contribution in [3.63, 3.8) is 0 Å². The van der Waals surface area contributed by atoms with Gasteiger partial charge in [-0.1, -0.05) is 0 Å². The Morgan fingerprint density at radius 3 is 2.86 bits per heavy atom. The Morgan fingerprint density at radius 2 is 2.14 bits per heavy atom. The molecule has 0 bridgehead atoms. The van der Waals surface area contributed by atoms with Crippen LogP contribution in [0.1, 0.15) is 34.1 Å². The lowest BCUT2D eigenvalue weighted by Crippen LogP contribution is -2.17. The van der Waals surface area contributed by atoms with Crippen molar-refractivity contribution in [1.29, 1.82) is 0 Å². The van der Waals surface area contributed by atoms with Crippen LogP contribution < -0.4 is 11.1 Å². The molecule has 1 aromatic heterocycles. The van der Waals surface area contributed by atoms with Gasteiger partial charge in [-0.2, -0.15) is 0 Å². The summed E-state index contributed by atoms with van der Waals surface area (Å²) in [5.41, 5.74) is 8.63. The van der Waals surface area contributed by atoms with Crippen molar-refractivity contribution >= 4 is 11.6 Å². The summed E-state index contributed by atoms with van der Waals surface area (Å²) in [6.07, 6.45) is 3.42. The number of carbonyl (C=O) groups is 1. The minimum atomic E-state index is -0.994. The molecular weight excluding hydrogens is 276 g/mol. The van der Waals surface area contributed by atoms with E-state index in [1.165, 1.54) is 6.07 Å². The molecule has 0 radical (unpaired) electrons. The normalized spacial score (nSPS) is 16.9. The molecule has 0 saturated heterocycles. The molecule has 4 nitrogen and oxygen atoms in total. The summed E-state index contributed by atoms with van der Waals surface area (Å²) >= 11 is 0. The number of halogens is 2. The lowest BCUT2D eigenvalue weighted by molar-refractivity contribution is 0.101. The van der Waals surface area contributed by atoms with E-state index in [4.69, 9.17) is 5.73 Å². The van der Waals surface area contributed by atoms with Gasteiger partial charge in [-0.15, -0.1) is 0 Å². The van der Waals surface area contributed by atoms with Crippen LogP contribution in [0, 0.1) is 11.6 Å². The van der Waals surface area contributed by atoms with E-state index in [9.17, 15) is 13.6 Å². The summed E-state index contributed by atoms with van der Waals surface area (Å²) < 4.78 is 27.8. The first-order chi connectivity index (χ1) is 9.97. The fourth-order valence-electron chi connectivity index (χ4n) is 2.80. The van der Waals surface area contributed by atoms with Crippen LogP contribution in [0.2, 0.25) is 0 Å². The Labute approximate surface area is 120 Å². The van der Waals surface area contributed by atoms with E-state index < -0.39 is 11.6 Å². The molecule has 1 aliphatic carbocycles. The summed E-state index contributed by atoms with van der Waals surface area (Å²) in [5, 5.41) is 2.59. The number of anilines is 1. The largest absolute Gasteiger partial charge is 0.346 e. The Morgan fingerprint density at radius 1 is 1.38 bits per heavy atom. The van der Waals surface area contributed by atoms with Gasteiger partial charge in [-0.25, -0.2) is 8.78 Å². The number of amides is 1. The highest BCUT2D eigenvalue weighted by Gasteiger charge is 2.28. The molecule has 3 rings (SSSR count). The van der Waals surface area contributed by atoms with Gasteiger partial charge < -0.3 is 15.6 Å². The van der Waals surface area contributed by atoms with Crippen molar-refractivity contribution in [2.75, 3.05) is 5.32 Å². The molecule has 1 aromatic carbocycles. The first-order valence-corrected chi connectivity index (χ1v) is 6.67. The van der Waals surface area contributed by atoms with Crippen molar-refractivity contribution in [3.05, 3.63) is 52.9 Å². The quantitative estimate of drug-likeness (QED) is 0.893. The second-order valence-corrected chi connectivity index (χ2v) is 5.25. The van der Waals surface area contributed by atoms with Crippen LogP contribution in [-0.4, -0.2) is 10.5 Å². The van der Waals surface area contributed by atoms with Gasteiger partial charge in [-0.05, 0) is 36.1 Å². The van der Waals surface area contributed by atoms with Gasteiger partial charge in [-0.3, -0.25) is 4.79 Å². The number of aryl methyl sites for hydroxylation is 1. The second kappa shape index (κ2) is 4.96. The van der Waals surface area contributed by atoms with Gasteiger partial charge in [0.2, 0.25) is 0 Å². The molecule has 1 atom stereocenters. The number of nitrogens with zero attached hydrogens (tertiary/aromatic N) is 1. The number of aromatic nitrogens is 1. The lowest BCUT2D eigenvalue weighted by Gasteiger charge is -2.08. The molecule has 1 aliphatic rings. The van der Waals surface area contributed by atoms with E-state index in [-0.39, 0.29) is 17.6 Å². The Bertz CT molecular complexity index is 724. The summed E-state index contributed by atoms with van der Waals surface area (Å²) in [7, 11) is 1.77. The predicted molar refractivity (Wildman–Crippen MR) is 75.0 cm³/mol. The highest BCUT2D eigenvalue weighted by Crippen LogP contribution is 2.33. The third kappa shape index (κ3) is 2.31. The first-order valence-electron chi connectivity index (χ1n) is 6.67. The van der Waals surface area contributed by atoms with Crippen LogP contribution in [0.25, 0.3) is 0 Å². The lowest BCUT2D eigenvalue weighted by atomic mass is 10.1. The van der Waals surface area contributed by atoms with Crippen LogP contribution >= 0.6 is 0 Å². The zero-order valence-corrected chi connectivity index (χ0v) is 11.5. The van der Waals surface area contributed by atoms with Gasteiger partial charge >= 0.3 is 0 Å². The molecule has 1 amide bonds. The smallest absolute Gasteiger partial charge is 0.272 e. The van der Waals surface area contributed by atoms with Gasteiger partial charge in [0, 0.05) is 31.0 Å². The minimum Gasteiger partial charge on any atom is -0.346 e. The average Bonchev–Trinajstić information content (AvgIpc) is 2.93. The van der Waals surface area contributed by atoms with Crippen molar-refractivity contribution in [1.82, 2.24) is 4.57 Å². The highest BCUT2D eigenvalue weighted by atomic mass is 19.2. The number of benzene rings is 1. The molecule has 0 aliphatic heterocycles. The molecule has 1 heterocycles. The molecule has 0 fully saturated rings. The topological polar surface area (TPSA) is 60.0 Å². The maximum Gasteiger partial charge on any atom is 0.272 e. The maximum atomic E-state index is 13.2. The van der Waals surface area contributed by atoms with E-state index in [0.29, 0.717) is 5.69 Å². The first kappa shape index (κ1) is 13.8. The zero-order chi connectivity index (χ0) is 15.1. The number of fused-ring (bicyclic) bond motifs is 1. The van der Waals surface area contributed by atoms with Crippen molar-refractivity contribution in [2.24, 2.45) is 12.8 Å². The number of nitrogens with two attached hydrogens (primary N) is 1. The van der Waals surface area contributed by atoms with Crippen molar-refractivity contribution in [2.45, 2.75) is 18.9 Å². The van der Waals surface area contributed by atoms with Crippen molar-refractivity contribution in [3.8, 4) is 0 Å². The molecule has 6 heteroatoms. The Kier molecular flexibility index (Phi) is 3.25. The molecule has 21 heavy (non-hydrogen) atoms. The van der Waals surface area contributed by atoms with E-state index in [2.05, 4.69) is 5.32 Å². The third-order valence-corrected chi connectivity index (χ3v) is 3.82. The standard InChI is InChI=1S/C15H15F2N3O/c1-20-7-10-9(3-5-13(10)18)14(20)15(21)19-8-2-4-11(16)12(17)6-8/h2,4,6-7,13H,3,5,18H2,1H3,(H,19,21). The summed E-state index contributed by atoms with van der Waals surface area (Å²) in [5.74, 6) is -2.29. The summed E-state index contributed by atoms with van der Waals surface area (Å²) in [6.45, 7) is 0. The number of rotatable bonds is 2. The fourth-order valence-corrected chi connectivity index (χ4v) is 2.80. The van der Waals surface area contributed by atoms with E-state index in [1.807, 2.05) is 6.20 Å². The van der Waals surface area contributed by atoms with Crippen LogP contribution in [0.3, 0.4) is 0 Å².